The fraction of sp³-hybridized carbons (Fsp3) is 0.705. The van der Waals surface area contributed by atoms with Gasteiger partial charge in [0.2, 0.25) is 8.65 Å². The summed E-state index contributed by atoms with van der Waals surface area (Å²) in [7, 11) is -4.28. The van der Waals surface area contributed by atoms with Crippen molar-refractivity contribution in [1.82, 2.24) is 0 Å². The minimum Gasteiger partial charge on any atom is -0.599 e. The van der Waals surface area contributed by atoms with Crippen LogP contribution in [-0.2, 0) is 4.12 Å². The van der Waals surface area contributed by atoms with Gasteiger partial charge in [-0.25, -0.2) is 0 Å². The zero-order valence-electron chi connectivity index (χ0n) is 34.8. The van der Waals surface area contributed by atoms with E-state index in [9.17, 15) is 0 Å². The van der Waals surface area contributed by atoms with Gasteiger partial charge in [0.15, 0.2) is 0 Å². The third-order valence-electron chi connectivity index (χ3n) is 9.73. The smallest absolute Gasteiger partial charge is 0.292 e. The summed E-state index contributed by atoms with van der Waals surface area (Å²) in [5.74, 6) is 0. The Hall–Kier alpha value is -1.46. The molecule has 2 atom stereocenters. The standard InChI is InChI=1S/C44H80OSi2/c1-19-28-33-47(40(42(12,13)14)37(26-8)29-20-2,34-38(27-9)39(30-21-3)36(24-6)25-7)45-46(35(10)11)41(43(15,16)31-22-4)44(17,18)32-23-5/h20,24,26,28-30,33-35,40H,19,21-23,25,27,31-32H2,1-18H3. The van der Waals surface area contributed by atoms with E-state index in [0.717, 1.165) is 25.7 Å². The Labute approximate surface area is 298 Å². The van der Waals surface area contributed by atoms with Gasteiger partial charge < -0.3 is 4.12 Å². The maximum absolute atomic E-state index is 8.37. The van der Waals surface area contributed by atoms with E-state index in [4.69, 9.17) is 4.12 Å². The van der Waals surface area contributed by atoms with Crippen molar-refractivity contribution in [2.24, 2.45) is 16.2 Å². The number of hydrogen-bond donors (Lipinski definition) is 0. The molecule has 3 heteroatoms. The predicted octanol–water partition coefficient (Wildman–Crippen LogP) is 14.8. The fourth-order valence-electron chi connectivity index (χ4n) is 8.24. The number of allylic oxidation sites excluding steroid dienone is 10. The molecular formula is C44H80OSi2. The third-order valence-corrected chi connectivity index (χ3v) is 18.6. The van der Waals surface area contributed by atoms with E-state index in [2.05, 4.69) is 172 Å². The average molecular weight is 681 g/mol. The number of hydrogen-bond acceptors (Lipinski definition) is 1. The van der Waals surface area contributed by atoms with Crippen LogP contribution in [0.2, 0.25) is 11.1 Å². The second-order valence-electron chi connectivity index (χ2n) is 16.2. The lowest BCUT2D eigenvalue weighted by atomic mass is 9.70. The Balaban J connectivity index is 9.01. The van der Waals surface area contributed by atoms with Crippen LogP contribution >= 0.6 is 0 Å². The lowest BCUT2D eigenvalue weighted by Gasteiger charge is -2.47. The Morgan fingerprint density at radius 3 is 1.62 bits per heavy atom. The Bertz CT molecular complexity index is 1140. The van der Waals surface area contributed by atoms with Gasteiger partial charge in [-0.2, -0.15) is 0 Å². The van der Waals surface area contributed by atoms with E-state index in [0.29, 0.717) is 5.54 Å². The average Bonchev–Trinajstić information content (AvgIpc) is 2.97. The Morgan fingerprint density at radius 1 is 0.745 bits per heavy atom. The molecular weight excluding hydrogens is 601 g/mol. The highest BCUT2D eigenvalue weighted by atomic mass is 28.4. The van der Waals surface area contributed by atoms with E-state index in [1.807, 2.05) is 0 Å². The van der Waals surface area contributed by atoms with Gasteiger partial charge in [-0.3, -0.25) is 0 Å². The van der Waals surface area contributed by atoms with E-state index in [1.165, 1.54) is 48.0 Å². The maximum atomic E-state index is 8.37. The van der Waals surface area contributed by atoms with Crippen LogP contribution < -0.4 is 0 Å². The first-order chi connectivity index (χ1) is 21.9. The normalized spacial score (nSPS) is 16.7. The van der Waals surface area contributed by atoms with Gasteiger partial charge >= 0.3 is 0 Å². The molecule has 0 heterocycles. The van der Waals surface area contributed by atoms with Crippen LogP contribution in [0, 0.1) is 16.2 Å². The van der Waals surface area contributed by atoms with Gasteiger partial charge in [0.1, 0.15) is 0 Å². The summed E-state index contributed by atoms with van der Waals surface area (Å²) < 4.78 is 8.37. The molecule has 0 aliphatic rings. The van der Waals surface area contributed by atoms with Crippen LogP contribution in [0.25, 0.3) is 0 Å². The molecule has 0 aliphatic carbocycles. The van der Waals surface area contributed by atoms with E-state index >= 15 is 0 Å². The Kier molecular flexibility index (Phi) is 20.3. The Morgan fingerprint density at radius 2 is 1.28 bits per heavy atom. The van der Waals surface area contributed by atoms with Gasteiger partial charge in [0.25, 0.3) is 8.32 Å². The molecule has 0 bridgehead atoms. The summed E-state index contributed by atoms with van der Waals surface area (Å²) >= 11 is 0. The van der Waals surface area contributed by atoms with E-state index < -0.39 is 17.0 Å². The molecule has 2 unspecified atom stereocenters. The summed E-state index contributed by atoms with van der Waals surface area (Å²) in [6.07, 6.45) is 23.1. The molecule has 0 radical (unpaired) electrons. The zero-order valence-corrected chi connectivity index (χ0v) is 36.8. The molecule has 0 aromatic rings. The lowest BCUT2D eigenvalue weighted by Crippen LogP contribution is -2.53. The van der Waals surface area contributed by atoms with Gasteiger partial charge in [-0.05, 0) is 109 Å². The molecule has 0 fully saturated rings. The SMILES string of the molecule is CC=CC(=CC)C(C(C)(C)C)[Si](C=CCC)(C=C(CC)C(=CCC)C(=CC)CC)O[Si](=C(C(C)(C)CCC)C(C)(C)CCC)C(C)C. The van der Waals surface area contributed by atoms with Gasteiger partial charge in [-0.1, -0.05) is 165 Å². The fourth-order valence-corrected chi connectivity index (χ4v) is 18.4. The van der Waals surface area contributed by atoms with Crippen LogP contribution in [0.4, 0.5) is 0 Å². The highest BCUT2D eigenvalue weighted by Gasteiger charge is 2.50. The molecule has 0 amide bonds. The summed E-state index contributed by atoms with van der Waals surface area (Å²) in [6.45, 7) is 42.9. The van der Waals surface area contributed by atoms with Crippen molar-refractivity contribution in [3.05, 3.63) is 70.1 Å². The zero-order chi connectivity index (χ0) is 36.6. The maximum Gasteiger partial charge on any atom is 0.292 e. The van der Waals surface area contributed by atoms with E-state index in [-0.39, 0.29) is 21.8 Å². The van der Waals surface area contributed by atoms with Gasteiger partial charge in [-0.15, -0.1) is 0 Å². The molecule has 0 aromatic carbocycles. The highest BCUT2D eigenvalue weighted by molar-refractivity contribution is 6.91. The molecule has 0 saturated heterocycles. The van der Waals surface area contributed by atoms with Crippen LogP contribution in [-0.4, -0.2) is 22.1 Å². The molecule has 0 spiro atoms. The van der Waals surface area contributed by atoms with Crippen LogP contribution in [0.15, 0.2) is 70.1 Å². The largest absolute Gasteiger partial charge is 0.599 e. The first kappa shape index (κ1) is 45.5. The number of rotatable bonds is 20. The van der Waals surface area contributed by atoms with Gasteiger partial charge in [0.05, 0.1) is 0 Å². The molecule has 47 heavy (non-hydrogen) atoms. The van der Waals surface area contributed by atoms with Crippen molar-refractivity contribution >= 4 is 22.1 Å². The molecule has 0 rings (SSSR count). The minimum absolute atomic E-state index is 0.00812. The monoisotopic (exact) mass is 681 g/mol. The van der Waals surface area contributed by atoms with Crippen LogP contribution in [0.3, 0.4) is 0 Å². The minimum atomic E-state index is -2.85. The summed E-state index contributed by atoms with van der Waals surface area (Å²) in [6, 6.07) is 0. The highest BCUT2D eigenvalue weighted by Crippen LogP contribution is 2.49. The van der Waals surface area contributed by atoms with Crippen molar-refractivity contribution in [3.63, 3.8) is 0 Å². The lowest BCUT2D eigenvalue weighted by molar-refractivity contribution is 0.371. The van der Waals surface area contributed by atoms with Crippen molar-refractivity contribution in [1.29, 1.82) is 0 Å². The van der Waals surface area contributed by atoms with Crippen molar-refractivity contribution in [3.8, 4) is 0 Å². The first-order valence-corrected chi connectivity index (χ1v) is 23.0. The molecule has 0 N–H and O–H groups in total. The molecule has 270 valence electrons. The summed E-state index contributed by atoms with van der Waals surface area (Å²) in [5.41, 5.74) is 12.0. The summed E-state index contributed by atoms with van der Waals surface area (Å²) in [4.78, 5) is 0. The topological polar surface area (TPSA) is 9.23 Å². The summed E-state index contributed by atoms with van der Waals surface area (Å²) in [5, 5.41) is 1.72. The quantitative estimate of drug-likeness (QED) is 0.0918. The molecule has 0 saturated carbocycles. The van der Waals surface area contributed by atoms with Crippen molar-refractivity contribution in [2.75, 3.05) is 0 Å². The molecule has 0 aliphatic heterocycles. The first-order valence-electron chi connectivity index (χ1n) is 19.4. The second-order valence-corrected chi connectivity index (χ2v) is 22.3. The van der Waals surface area contributed by atoms with Crippen molar-refractivity contribution < 1.29 is 4.12 Å². The van der Waals surface area contributed by atoms with Crippen molar-refractivity contribution in [2.45, 2.75) is 187 Å². The molecule has 0 aromatic heterocycles. The third kappa shape index (κ3) is 12.7. The molecule has 1 nitrogen and oxygen atoms in total. The van der Waals surface area contributed by atoms with Crippen LogP contribution in [0.5, 0.6) is 0 Å². The van der Waals surface area contributed by atoms with Crippen LogP contribution in [0.1, 0.15) is 176 Å². The van der Waals surface area contributed by atoms with E-state index in [1.54, 1.807) is 5.17 Å². The van der Waals surface area contributed by atoms with Gasteiger partial charge in [0, 0.05) is 5.54 Å². The second kappa shape index (κ2) is 20.9. The predicted molar refractivity (Wildman–Crippen MR) is 222 cm³/mol.